The lowest BCUT2D eigenvalue weighted by atomic mass is 10.3. The first kappa shape index (κ1) is 10.5. The Morgan fingerprint density at radius 1 is 1.55 bits per heavy atom. The van der Waals surface area contributed by atoms with E-state index in [2.05, 4.69) is 10.6 Å². The van der Waals surface area contributed by atoms with Gasteiger partial charge in [0.2, 0.25) is 5.91 Å². The zero-order chi connectivity index (χ0) is 8.69. The number of halogens is 1. The van der Waals surface area contributed by atoms with E-state index in [1.165, 1.54) is 5.54 Å². The van der Waals surface area contributed by atoms with Crippen LogP contribution < -0.4 is 10.6 Å². The number of carbonyl (C=O) groups excluding carboxylic acids is 1. The summed E-state index contributed by atoms with van der Waals surface area (Å²) in [6.45, 7) is 2.87. The second-order valence-corrected chi connectivity index (χ2v) is 2.45. The molecule has 0 saturated carbocycles. The number of amides is 1. The van der Waals surface area contributed by atoms with Gasteiger partial charge in [0.1, 0.15) is 0 Å². The van der Waals surface area contributed by atoms with Gasteiger partial charge in [-0.1, -0.05) is 11.6 Å². The topological polar surface area (TPSA) is 41.1 Å². The largest absolute Gasteiger partial charge is 0.358 e. The van der Waals surface area contributed by atoms with Crippen molar-refractivity contribution in [2.24, 2.45) is 0 Å². The zero-order valence-corrected chi connectivity index (χ0v) is 7.53. The van der Waals surface area contributed by atoms with E-state index in [4.69, 9.17) is 11.6 Å². The molecule has 0 rings (SSSR count). The van der Waals surface area contributed by atoms with Gasteiger partial charge in [-0.05, 0) is 12.5 Å². The third kappa shape index (κ3) is 5.88. The SMILES string of the molecule is CNC(=O)CNCC(C)=CCl. The van der Waals surface area contributed by atoms with Gasteiger partial charge in [-0.2, -0.15) is 0 Å². The van der Waals surface area contributed by atoms with Crippen LogP contribution in [0.1, 0.15) is 6.92 Å². The van der Waals surface area contributed by atoms with Gasteiger partial charge in [0.15, 0.2) is 0 Å². The molecule has 0 radical (unpaired) electrons. The second-order valence-electron chi connectivity index (χ2n) is 2.23. The number of likely N-dealkylation sites (N-methyl/N-ethyl adjacent to an activating group) is 1. The normalized spacial score (nSPS) is 11.4. The number of hydrogen-bond acceptors (Lipinski definition) is 2. The summed E-state index contributed by atoms with van der Waals surface area (Å²) in [7, 11) is 1.61. The summed E-state index contributed by atoms with van der Waals surface area (Å²) in [6, 6.07) is 0. The highest BCUT2D eigenvalue weighted by molar-refractivity contribution is 6.25. The van der Waals surface area contributed by atoms with Crippen molar-refractivity contribution in [3.8, 4) is 0 Å². The predicted molar refractivity (Wildman–Crippen MR) is 46.5 cm³/mol. The third-order valence-corrected chi connectivity index (χ3v) is 1.53. The van der Waals surface area contributed by atoms with E-state index in [9.17, 15) is 4.79 Å². The van der Waals surface area contributed by atoms with E-state index in [0.717, 1.165) is 5.57 Å². The summed E-state index contributed by atoms with van der Waals surface area (Å²) < 4.78 is 0. The van der Waals surface area contributed by atoms with Gasteiger partial charge in [0, 0.05) is 19.1 Å². The average Bonchev–Trinajstić information content (AvgIpc) is 2.04. The molecular weight excluding hydrogens is 164 g/mol. The fraction of sp³-hybridized carbons (Fsp3) is 0.571. The lowest BCUT2D eigenvalue weighted by Crippen LogP contribution is -2.32. The Morgan fingerprint density at radius 3 is 2.64 bits per heavy atom. The fourth-order valence-electron chi connectivity index (χ4n) is 0.500. The summed E-state index contributed by atoms with van der Waals surface area (Å²) in [5.41, 5.74) is 2.51. The molecule has 3 nitrogen and oxygen atoms in total. The van der Waals surface area contributed by atoms with E-state index in [1.807, 2.05) is 6.92 Å². The first-order chi connectivity index (χ1) is 5.20. The van der Waals surface area contributed by atoms with Crippen LogP contribution in [0.15, 0.2) is 11.1 Å². The Balaban J connectivity index is 3.35. The van der Waals surface area contributed by atoms with E-state index in [-0.39, 0.29) is 5.91 Å². The van der Waals surface area contributed by atoms with Crippen LogP contribution in [0.4, 0.5) is 0 Å². The molecule has 1 amide bonds. The Bertz CT molecular complexity index is 157. The Labute approximate surface area is 71.8 Å². The van der Waals surface area contributed by atoms with Crippen molar-refractivity contribution >= 4 is 17.5 Å². The highest BCUT2D eigenvalue weighted by Gasteiger charge is 1.95. The minimum absolute atomic E-state index is 0.0210. The summed E-state index contributed by atoms with van der Waals surface area (Å²) in [6.07, 6.45) is 0. The van der Waals surface area contributed by atoms with Crippen molar-refractivity contribution in [1.82, 2.24) is 10.6 Å². The minimum atomic E-state index is -0.0210. The Kier molecular flexibility index (Phi) is 5.88. The van der Waals surface area contributed by atoms with Crippen molar-refractivity contribution in [2.45, 2.75) is 6.92 Å². The minimum Gasteiger partial charge on any atom is -0.358 e. The molecule has 0 aromatic heterocycles. The van der Waals surface area contributed by atoms with Gasteiger partial charge >= 0.3 is 0 Å². The molecule has 0 fully saturated rings. The lowest BCUT2D eigenvalue weighted by molar-refractivity contribution is -0.119. The average molecular weight is 177 g/mol. The molecule has 0 atom stereocenters. The molecule has 0 aliphatic rings. The smallest absolute Gasteiger partial charge is 0.233 e. The quantitative estimate of drug-likeness (QED) is 0.654. The maximum atomic E-state index is 10.7. The van der Waals surface area contributed by atoms with Crippen molar-refractivity contribution in [3.63, 3.8) is 0 Å². The molecule has 0 aliphatic carbocycles. The second kappa shape index (κ2) is 6.19. The van der Waals surface area contributed by atoms with E-state index >= 15 is 0 Å². The Morgan fingerprint density at radius 2 is 2.18 bits per heavy atom. The molecule has 0 spiro atoms. The van der Waals surface area contributed by atoms with Gasteiger partial charge in [-0.15, -0.1) is 0 Å². The molecule has 64 valence electrons. The molecule has 0 bridgehead atoms. The molecule has 11 heavy (non-hydrogen) atoms. The van der Waals surface area contributed by atoms with Crippen molar-refractivity contribution < 1.29 is 4.79 Å². The van der Waals surface area contributed by atoms with Crippen LogP contribution in [0, 0.1) is 0 Å². The summed E-state index contributed by atoms with van der Waals surface area (Å²) in [4.78, 5) is 10.7. The van der Waals surface area contributed by atoms with Gasteiger partial charge in [-0.25, -0.2) is 0 Å². The van der Waals surface area contributed by atoms with Crippen LogP contribution >= 0.6 is 11.6 Å². The van der Waals surface area contributed by atoms with Crippen LogP contribution in [-0.4, -0.2) is 26.0 Å². The molecule has 0 unspecified atom stereocenters. The van der Waals surface area contributed by atoms with E-state index in [1.54, 1.807) is 7.05 Å². The molecule has 0 saturated heterocycles. The summed E-state index contributed by atoms with van der Waals surface area (Å²) in [5.74, 6) is -0.0210. The first-order valence-corrected chi connectivity index (χ1v) is 3.81. The Hall–Kier alpha value is -0.540. The van der Waals surface area contributed by atoms with Gasteiger partial charge in [0.25, 0.3) is 0 Å². The molecule has 0 aromatic rings. The number of carbonyl (C=O) groups is 1. The van der Waals surface area contributed by atoms with Crippen LogP contribution in [0.5, 0.6) is 0 Å². The van der Waals surface area contributed by atoms with Crippen LogP contribution in [-0.2, 0) is 4.79 Å². The number of nitrogens with one attached hydrogen (secondary N) is 2. The van der Waals surface area contributed by atoms with E-state index in [0.29, 0.717) is 13.1 Å². The predicted octanol–water partition coefficient (Wildman–Crippen LogP) is 0.465. The van der Waals surface area contributed by atoms with Crippen molar-refractivity contribution in [1.29, 1.82) is 0 Å². The lowest BCUT2D eigenvalue weighted by Gasteiger charge is -2.02. The molecule has 0 aromatic carbocycles. The monoisotopic (exact) mass is 176 g/mol. The summed E-state index contributed by atoms with van der Waals surface area (Å²) in [5, 5.41) is 5.42. The maximum Gasteiger partial charge on any atom is 0.233 e. The fourth-order valence-corrected chi connectivity index (χ4v) is 0.577. The molecule has 4 heteroatoms. The first-order valence-electron chi connectivity index (χ1n) is 3.38. The van der Waals surface area contributed by atoms with Crippen LogP contribution in [0.2, 0.25) is 0 Å². The van der Waals surface area contributed by atoms with Gasteiger partial charge in [0.05, 0.1) is 6.54 Å². The van der Waals surface area contributed by atoms with Crippen LogP contribution in [0.25, 0.3) is 0 Å². The molecule has 0 aliphatic heterocycles. The molecular formula is C7H13ClN2O. The standard InChI is InChI=1S/C7H13ClN2O/c1-6(3-8)4-10-5-7(11)9-2/h3,10H,4-5H2,1-2H3,(H,9,11). The number of rotatable bonds is 4. The van der Waals surface area contributed by atoms with Crippen molar-refractivity contribution in [3.05, 3.63) is 11.1 Å². The number of hydrogen-bond donors (Lipinski definition) is 2. The van der Waals surface area contributed by atoms with Crippen LogP contribution in [0.3, 0.4) is 0 Å². The van der Waals surface area contributed by atoms with Gasteiger partial charge < -0.3 is 10.6 Å². The summed E-state index contributed by atoms with van der Waals surface area (Å²) >= 11 is 5.40. The maximum absolute atomic E-state index is 10.7. The van der Waals surface area contributed by atoms with Crippen molar-refractivity contribution in [2.75, 3.05) is 20.1 Å². The van der Waals surface area contributed by atoms with E-state index < -0.39 is 0 Å². The third-order valence-electron chi connectivity index (χ3n) is 1.15. The highest BCUT2D eigenvalue weighted by Crippen LogP contribution is 1.90. The molecule has 2 N–H and O–H groups in total. The zero-order valence-electron chi connectivity index (χ0n) is 6.78. The van der Waals surface area contributed by atoms with Gasteiger partial charge in [-0.3, -0.25) is 4.79 Å². The molecule has 0 heterocycles. The highest BCUT2D eigenvalue weighted by atomic mass is 35.5.